The average Bonchev–Trinajstić information content (AvgIpc) is 3.24. The first kappa shape index (κ1) is 55.7. The van der Waals surface area contributed by atoms with Gasteiger partial charge in [0.15, 0.2) is 6.29 Å². The smallest absolute Gasteiger partial charge is 0.306 e. The second-order valence-electron chi connectivity index (χ2n) is 17.3. The summed E-state index contributed by atoms with van der Waals surface area (Å²) in [5.74, 6) is -0.311. The molecule has 6 atom stereocenters. The Bertz CT molecular complexity index is 957. The van der Waals surface area contributed by atoms with Crippen LogP contribution in [-0.2, 0) is 23.7 Å². The van der Waals surface area contributed by atoms with E-state index < -0.39 is 43.4 Å². The highest BCUT2D eigenvalue weighted by atomic mass is 16.7. The number of aliphatic hydroxyl groups excluding tert-OH is 4. The van der Waals surface area contributed by atoms with Crippen LogP contribution in [0.3, 0.4) is 0 Å². The molecule has 59 heavy (non-hydrogen) atoms. The van der Waals surface area contributed by atoms with Gasteiger partial charge in [0.25, 0.3) is 0 Å². The summed E-state index contributed by atoms with van der Waals surface area (Å²) >= 11 is 0. The normalized spacial score (nSPS) is 20.3. The number of rotatable bonds is 43. The van der Waals surface area contributed by atoms with Gasteiger partial charge in [0.1, 0.15) is 30.5 Å². The van der Waals surface area contributed by atoms with E-state index in [4.69, 9.17) is 18.9 Å². The molecule has 0 aliphatic carbocycles. The van der Waals surface area contributed by atoms with Crippen molar-refractivity contribution in [2.24, 2.45) is 0 Å². The predicted molar refractivity (Wildman–Crippen MR) is 242 cm³/mol. The second-order valence-corrected chi connectivity index (χ2v) is 17.3. The van der Waals surface area contributed by atoms with Crippen LogP contribution in [0.4, 0.5) is 0 Å². The molecule has 0 radical (unpaired) electrons. The van der Waals surface area contributed by atoms with E-state index in [1.165, 1.54) is 167 Å². The first-order valence-corrected chi connectivity index (χ1v) is 24.9. The maximum absolute atomic E-state index is 12.8. The lowest BCUT2D eigenvalue weighted by atomic mass is 9.99. The largest absolute Gasteiger partial charge is 0.457 e. The Balaban J connectivity index is 2.22. The third-order valence-corrected chi connectivity index (χ3v) is 11.6. The van der Waals surface area contributed by atoms with Crippen molar-refractivity contribution < 1.29 is 44.2 Å². The number of carbonyl (C=O) groups excluding carboxylic acids is 1. The van der Waals surface area contributed by atoms with E-state index in [1.54, 1.807) is 0 Å². The molecule has 0 spiro atoms. The molecule has 9 heteroatoms. The van der Waals surface area contributed by atoms with Crippen LogP contribution in [-0.4, -0.2) is 89.6 Å². The highest BCUT2D eigenvalue weighted by Crippen LogP contribution is 2.23. The lowest BCUT2D eigenvalue weighted by molar-refractivity contribution is -0.305. The van der Waals surface area contributed by atoms with E-state index in [0.29, 0.717) is 13.0 Å². The number of ether oxygens (including phenoxy) is 4. The summed E-state index contributed by atoms with van der Waals surface area (Å²) in [7, 11) is 0. The maximum atomic E-state index is 12.8. The zero-order chi connectivity index (χ0) is 42.9. The molecule has 9 nitrogen and oxygen atoms in total. The number of unbranched alkanes of at least 4 members (excludes halogenated alkanes) is 28. The van der Waals surface area contributed by atoms with Gasteiger partial charge in [0.05, 0.1) is 19.8 Å². The number of hydrogen-bond acceptors (Lipinski definition) is 9. The summed E-state index contributed by atoms with van der Waals surface area (Å²) in [6.07, 6.45) is 42.0. The highest BCUT2D eigenvalue weighted by Gasteiger charge is 2.44. The molecule has 1 aliphatic rings. The zero-order valence-corrected chi connectivity index (χ0v) is 38.3. The van der Waals surface area contributed by atoms with Crippen molar-refractivity contribution in [3.05, 3.63) is 24.3 Å². The third kappa shape index (κ3) is 33.0. The third-order valence-electron chi connectivity index (χ3n) is 11.6. The molecule has 1 saturated heterocycles. The fourth-order valence-corrected chi connectivity index (χ4v) is 7.70. The predicted octanol–water partition coefficient (Wildman–Crippen LogP) is 11.8. The van der Waals surface area contributed by atoms with Gasteiger partial charge in [-0.2, -0.15) is 0 Å². The number of allylic oxidation sites excluding steroid dienone is 4. The molecule has 0 bridgehead atoms. The molecule has 0 amide bonds. The summed E-state index contributed by atoms with van der Waals surface area (Å²) < 4.78 is 22.9. The van der Waals surface area contributed by atoms with Gasteiger partial charge >= 0.3 is 5.97 Å². The van der Waals surface area contributed by atoms with Crippen molar-refractivity contribution in [2.45, 2.75) is 263 Å². The second kappa shape index (κ2) is 42.0. The summed E-state index contributed by atoms with van der Waals surface area (Å²) in [5, 5.41) is 40.2. The molecular formula is C50H94O9. The molecule has 0 aromatic heterocycles. The molecule has 0 aromatic carbocycles. The van der Waals surface area contributed by atoms with Crippen LogP contribution in [0.25, 0.3) is 0 Å². The van der Waals surface area contributed by atoms with Crippen molar-refractivity contribution in [3.63, 3.8) is 0 Å². The van der Waals surface area contributed by atoms with Gasteiger partial charge < -0.3 is 39.4 Å². The Morgan fingerprint density at radius 1 is 0.542 bits per heavy atom. The Morgan fingerprint density at radius 3 is 1.47 bits per heavy atom. The van der Waals surface area contributed by atoms with Crippen LogP contribution < -0.4 is 0 Å². The van der Waals surface area contributed by atoms with Crippen molar-refractivity contribution in [2.75, 3.05) is 26.4 Å². The van der Waals surface area contributed by atoms with Crippen molar-refractivity contribution in [1.29, 1.82) is 0 Å². The molecule has 1 heterocycles. The van der Waals surface area contributed by atoms with Crippen molar-refractivity contribution in [3.8, 4) is 0 Å². The van der Waals surface area contributed by atoms with E-state index >= 15 is 0 Å². The van der Waals surface area contributed by atoms with E-state index in [1.807, 2.05) is 0 Å². The van der Waals surface area contributed by atoms with Gasteiger partial charge in [-0.3, -0.25) is 4.79 Å². The molecule has 4 N–H and O–H groups in total. The Hall–Kier alpha value is -1.33. The van der Waals surface area contributed by atoms with Gasteiger partial charge in [-0.05, 0) is 44.9 Å². The summed E-state index contributed by atoms with van der Waals surface area (Å²) in [6.45, 7) is 4.57. The van der Waals surface area contributed by atoms with Gasteiger partial charge in [-0.15, -0.1) is 0 Å². The molecule has 1 rings (SSSR count). The maximum Gasteiger partial charge on any atom is 0.306 e. The van der Waals surface area contributed by atoms with Crippen LogP contribution in [0.2, 0.25) is 0 Å². The Kier molecular flexibility index (Phi) is 39.6. The average molecular weight is 839 g/mol. The van der Waals surface area contributed by atoms with Crippen LogP contribution in [0.15, 0.2) is 24.3 Å². The summed E-state index contributed by atoms with van der Waals surface area (Å²) in [6, 6.07) is 0. The van der Waals surface area contributed by atoms with Gasteiger partial charge in [-0.25, -0.2) is 0 Å². The number of carbonyl (C=O) groups is 1. The summed E-state index contributed by atoms with van der Waals surface area (Å²) in [5.41, 5.74) is 0. The molecule has 0 aromatic rings. The fourth-order valence-electron chi connectivity index (χ4n) is 7.70. The molecule has 1 aliphatic heterocycles. The lowest BCUT2D eigenvalue weighted by Crippen LogP contribution is -2.59. The zero-order valence-electron chi connectivity index (χ0n) is 38.3. The lowest BCUT2D eigenvalue weighted by Gasteiger charge is -2.39. The monoisotopic (exact) mass is 839 g/mol. The van der Waals surface area contributed by atoms with Crippen molar-refractivity contribution in [1.82, 2.24) is 0 Å². The minimum absolute atomic E-state index is 0.112. The van der Waals surface area contributed by atoms with E-state index in [-0.39, 0.29) is 19.2 Å². The first-order valence-electron chi connectivity index (χ1n) is 24.9. The van der Waals surface area contributed by atoms with Gasteiger partial charge in [-0.1, -0.05) is 199 Å². The summed E-state index contributed by atoms with van der Waals surface area (Å²) in [4.78, 5) is 12.8. The number of aliphatic hydroxyl groups is 4. The Morgan fingerprint density at radius 2 is 0.983 bits per heavy atom. The SMILES string of the molecule is CCCCCC/C=C\C/C=C\CCCCCCCCCCOCC(COC1OC(CO)C(O)C(O)C1O)OC(=O)CCCCCCCCCCCCCCCCCCC. The van der Waals surface area contributed by atoms with E-state index in [2.05, 4.69) is 38.2 Å². The topological polar surface area (TPSA) is 135 Å². The van der Waals surface area contributed by atoms with Gasteiger partial charge in [0, 0.05) is 13.0 Å². The van der Waals surface area contributed by atoms with E-state index in [0.717, 1.165) is 38.5 Å². The Labute approximate surface area is 362 Å². The minimum atomic E-state index is -1.53. The number of hydrogen-bond donors (Lipinski definition) is 4. The van der Waals surface area contributed by atoms with Crippen LogP contribution in [0.1, 0.15) is 226 Å². The van der Waals surface area contributed by atoms with Crippen molar-refractivity contribution >= 4 is 5.97 Å². The quantitative estimate of drug-likeness (QED) is 0.0269. The molecular weight excluding hydrogens is 745 g/mol. The molecule has 0 saturated carbocycles. The van der Waals surface area contributed by atoms with Crippen LogP contribution in [0, 0.1) is 0 Å². The molecule has 1 fully saturated rings. The first-order chi connectivity index (χ1) is 28.9. The molecule has 348 valence electrons. The highest BCUT2D eigenvalue weighted by molar-refractivity contribution is 5.69. The number of esters is 1. The molecule has 6 unspecified atom stereocenters. The fraction of sp³-hybridized carbons (Fsp3) is 0.900. The standard InChI is InChI=1S/C50H94O9/c1-3-5-7-9-11-13-15-17-19-21-22-24-26-28-30-32-34-36-38-40-56-42-44(43-57-50-49(55)48(54)47(53)45(41-51)59-50)58-46(52)39-37-35-33-31-29-27-25-23-20-18-16-14-12-10-8-6-4-2/h13,15,19,21,44-45,47-51,53-55H,3-12,14,16-18,20,22-43H2,1-2H3/b15-13-,21-19-. The van der Waals surface area contributed by atoms with Gasteiger partial charge in [0.2, 0.25) is 0 Å². The van der Waals surface area contributed by atoms with Crippen LogP contribution in [0.5, 0.6) is 0 Å². The minimum Gasteiger partial charge on any atom is -0.457 e. The van der Waals surface area contributed by atoms with Crippen LogP contribution >= 0.6 is 0 Å². The van der Waals surface area contributed by atoms with E-state index in [9.17, 15) is 25.2 Å².